The Balaban J connectivity index is 2.52. The molecular weight excluding hydrogens is 154 g/mol. The van der Waals surface area contributed by atoms with Gasteiger partial charge in [0.2, 0.25) is 0 Å². The van der Waals surface area contributed by atoms with E-state index in [1.807, 2.05) is 18.2 Å². The Morgan fingerprint density at radius 1 is 1.75 bits per heavy atom. The molecular formula is C9H11NO2. The third-order valence-corrected chi connectivity index (χ3v) is 1.63. The van der Waals surface area contributed by atoms with E-state index in [1.165, 1.54) is 0 Å². The molecule has 0 aromatic carbocycles. The van der Waals surface area contributed by atoms with Crippen LogP contribution in [0.25, 0.3) is 0 Å². The zero-order valence-corrected chi connectivity index (χ0v) is 6.60. The van der Waals surface area contributed by atoms with Crippen molar-refractivity contribution in [3.63, 3.8) is 0 Å². The van der Waals surface area contributed by atoms with E-state index in [-0.39, 0.29) is 5.92 Å². The van der Waals surface area contributed by atoms with Gasteiger partial charge in [0.25, 0.3) is 0 Å². The summed E-state index contributed by atoms with van der Waals surface area (Å²) in [6.07, 6.45) is 9.09. The van der Waals surface area contributed by atoms with Crippen molar-refractivity contribution >= 4 is 5.97 Å². The molecule has 64 valence electrons. The number of carbonyl (C=O) groups is 1. The number of carboxylic acids is 1. The smallest absolute Gasteiger partial charge is 0.327 e. The van der Waals surface area contributed by atoms with Gasteiger partial charge in [0.1, 0.15) is 0 Å². The molecule has 0 aromatic rings. The van der Waals surface area contributed by atoms with Gasteiger partial charge in [-0.05, 0) is 12.5 Å². The summed E-state index contributed by atoms with van der Waals surface area (Å²) >= 11 is 0. The van der Waals surface area contributed by atoms with E-state index in [4.69, 9.17) is 10.8 Å². The van der Waals surface area contributed by atoms with Crippen LogP contribution in [0.1, 0.15) is 6.42 Å². The lowest BCUT2D eigenvalue weighted by Crippen LogP contribution is -2.06. The van der Waals surface area contributed by atoms with Crippen molar-refractivity contribution in [2.24, 2.45) is 11.7 Å². The molecule has 3 N–H and O–H groups in total. The highest BCUT2D eigenvalue weighted by Gasteiger charge is 2.05. The Hall–Kier alpha value is -1.51. The van der Waals surface area contributed by atoms with Crippen LogP contribution in [0.3, 0.4) is 0 Å². The van der Waals surface area contributed by atoms with Crippen molar-refractivity contribution in [3.05, 3.63) is 36.1 Å². The summed E-state index contributed by atoms with van der Waals surface area (Å²) in [6.45, 7) is 0. The van der Waals surface area contributed by atoms with Gasteiger partial charge in [-0.2, -0.15) is 0 Å². The van der Waals surface area contributed by atoms with E-state index in [2.05, 4.69) is 0 Å². The minimum absolute atomic E-state index is 0.131. The molecule has 1 unspecified atom stereocenters. The summed E-state index contributed by atoms with van der Waals surface area (Å²) < 4.78 is 0. The first-order valence-corrected chi connectivity index (χ1v) is 3.72. The van der Waals surface area contributed by atoms with E-state index in [0.29, 0.717) is 6.42 Å². The van der Waals surface area contributed by atoms with Crippen LogP contribution in [0.2, 0.25) is 0 Å². The van der Waals surface area contributed by atoms with Crippen LogP contribution in [0, 0.1) is 5.92 Å². The van der Waals surface area contributed by atoms with Crippen molar-refractivity contribution in [1.29, 1.82) is 0 Å². The highest BCUT2D eigenvalue weighted by Crippen LogP contribution is 2.15. The number of nitrogens with two attached hydrogens (primary N) is 1. The molecule has 1 atom stereocenters. The Labute approximate surface area is 70.9 Å². The minimum Gasteiger partial charge on any atom is -0.478 e. The molecule has 0 radical (unpaired) electrons. The summed E-state index contributed by atoms with van der Waals surface area (Å²) in [6, 6.07) is 0. The van der Waals surface area contributed by atoms with Gasteiger partial charge in [-0.15, -0.1) is 0 Å². The number of hydrogen-bond acceptors (Lipinski definition) is 2. The number of rotatable bonds is 2. The fourth-order valence-corrected chi connectivity index (χ4v) is 1.07. The fourth-order valence-electron chi connectivity index (χ4n) is 1.07. The van der Waals surface area contributed by atoms with E-state index in [9.17, 15) is 4.79 Å². The molecule has 1 rings (SSSR count). The Bertz CT molecular complexity index is 264. The molecule has 1 aliphatic rings. The quantitative estimate of drug-likeness (QED) is 0.601. The van der Waals surface area contributed by atoms with Crippen LogP contribution in [0.5, 0.6) is 0 Å². The average Bonchev–Trinajstić information content (AvgIpc) is 2.01. The van der Waals surface area contributed by atoms with Crippen LogP contribution in [-0.4, -0.2) is 11.1 Å². The van der Waals surface area contributed by atoms with Gasteiger partial charge in [-0.25, -0.2) is 4.79 Å². The zero-order chi connectivity index (χ0) is 8.97. The Morgan fingerprint density at radius 3 is 3.08 bits per heavy atom. The lowest BCUT2D eigenvalue weighted by molar-refractivity contribution is -0.131. The first kappa shape index (κ1) is 8.59. The van der Waals surface area contributed by atoms with E-state index in [0.717, 1.165) is 11.8 Å². The molecule has 3 nitrogen and oxygen atoms in total. The van der Waals surface area contributed by atoms with Crippen LogP contribution >= 0.6 is 0 Å². The third kappa shape index (κ3) is 2.62. The molecule has 0 fully saturated rings. The normalized spacial score (nSPS) is 22.7. The van der Waals surface area contributed by atoms with Crippen molar-refractivity contribution in [2.75, 3.05) is 0 Å². The molecule has 1 aliphatic carbocycles. The highest BCUT2D eigenvalue weighted by atomic mass is 16.4. The van der Waals surface area contributed by atoms with Gasteiger partial charge in [-0.3, -0.25) is 0 Å². The Morgan fingerprint density at radius 2 is 2.50 bits per heavy atom. The van der Waals surface area contributed by atoms with Crippen molar-refractivity contribution < 1.29 is 9.90 Å². The van der Waals surface area contributed by atoms with Crippen molar-refractivity contribution in [3.8, 4) is 0 Å². The largest absolute Gasteiger partial charge is 0.478 e. The maximum absolute atomic E-state index is 10.2. The lowest BCUT2D eigenvalue weighted by Gasteiger charge is -2.10. The van der Waals surface area contributed by atoms with E-state index >= 15 is 0 Å². The molecule has 0 bridgehead atoms. The number of hydrogen-bond donors (Lipinski definition) is 2. The predicted octanol–water partition coefficient (Wildman–Crippen LogP) is 1.05. The van der Waals surface area contributed by atoms with E-state index < -0.39 is 5.97 Å². The summed E-state index contributed by atoms with van der Waals surface area (Å²) in [5, 5.41) is 8.35. The fraction of sp³-hybridized carbons (Fsp3) is 0.222. The van der Waals surface area contributed by atoms with Gasteiger partial charge < -0.3 is 10.8 Å². The van der Waals surface area contributed by atoms with Gasteiger partial charge >= 0.3 is 5.97 Å². The standard InChI is InChI=1S/C9H11NO2/c10-8-3-1-2-7(6-8)4-5-9(11)12/h1-5,7H,6,10H2,(H,11,12). The van der Waals surface area contributed by atoms with Gasteiger partial charge in [0.15, 0.2) is 0 Å². The van der Waals surface area contributed by atoms with Gasteiger partial charge in [0, 0.05) is 17.7 Å². The van der Waals surface area contributed by atoms with Crippen LogP contribution < -0.4 is 5.73 Å². The second-order valence-corrected chi connectivity index (χ2v) is 2.69. The lowest BCUT2D eigenvalue weighted by atomic mass is 9.98. The minimum atomic E-state index is -0.920. The molecule has 0 aromatic heterocycles. The van der Waals surface area contributed by atoms with Crippen LogP contribution in [-0.2, 0) is 4.79 Å². The average molecular weight is 165 g/mol. The highest BCUT2D eigenvalue weighted by molar-refractivity contribution is 5.79. The maximum Gasteiger partial charge on any atom is 0.327 e. The third-order valence-electron chi connectivity index (χ3n) is 1.63. The number of allylic oxidation sites excluding steroid dienone is 5. The molecule has 0 saturated heterocycles. The Kier molecular flexibility index (Phi) is 2.69. The number of aliphatic carboxylic acids is 1. The maximum atomic E-state index is 10.2. The first-order chi connectivity index (χ1) is 5.68. The monoisotopic (exact) mass is 165 g/mol. The molecule has 0 amide bonds. The second kappa shape index (κ2) is 3.76. The SMILES string of the molecule is NC1=CC=CC(C=CC(=O)O)C1. The van der Waals surface area contributed by atoms with Gasteiger partial charge in [0.05, 0.1) is 0 Å². The molecule has 0 heterocycles. The van der Waals surface area contributed by atoms with Crippen LogP contribution in [0.4, 0.5) is 0 Å². The topological polar surface area (TPSA) is 63.3 Å². The summed E-state index contributed by atoms with van der Waals surface area (Å²) in [7, 11) is 0. The zero-order valence-electron chi connectivity index (χ0n) is 6.60. The summed E-state index contributed by atoms with van der Waals surface area (Å²) in [4.78, 5) is 10.2. The van der Waals surface area contributed by atoms with Crippen molar-refractivity contribution in [2.45, 2.75) is 6.42 Å². The molecule has 0 saturated carbocycles. The molecule has 0 spiro atoms. The van der Waals surface area contributed by atoms with Crippen LogP contribution in [0.15, 0.2) is 36.1 Å². The molecule has 3 heteroatoms. The van der Waals surface area contributed by atoms with Crippen molar-refractivity contribution in [1.82, 2.24) is 0 Å². The first-order valence-electron chi connectivity index (χ1n) is 3.72. The molecule has 0 aliphatic heterocycles. The van der Waals surface area contributed by atoms with E-state index in [1.54, 1.807) is 6.08 Å². The summed E-state index contributed by atoms with van der Waals surface area (Å²) in [5.41, 5.74) is 6.35. The molecule has 12 heavy (non-hydrogen) atoms. The predicted molar refractivity (Wildman–Crippen MR) is 46.3 cm³/mol. The van der Waals surface area contributed by atoms with Gasteiger partial charge in [-0.1, -0.05) is 18.2 Å². The number of carboxylic acid groups (broad SMARTS) is 1. The summed E-state index contributed by atoms with van der Waals surface area (Å²) in [5.74, 6) is -0.789. The second-order valence-electron chi connectivity index (χ2n) is 2.69.